The number of esters is 1. The van der Waals surface area contributed by atoms with Crippen LogP contribution in [-0.2, 0) is 11.3 Å². The minimum absolute atomic E-state index is 0.0183. The molecule has 0 unspecified atom stereocenters. The van der Waals surface area contributed by atoms with Gasteiger partial charge in [0.05, 0.1) is 22.1 Å². The van der Waals surface area contributed by atoms with Crippen molar-refractivity contribution in [3.63, 3.8) is 0 Å². The Labute approximate surface area is 164 Å². The van der Waals surface area contributed by atoms with Crippen molar-refractivity contribution in [3.05, 3.63) is 82.0 Å². The number of rotatable bonds is 4. The van der Waals surface area contributed by atoms with Crippen molar-refractivity contribution in [3.8, 4) is 5.69 Å². The van der Waals surface area contributed by atoms with Gasteiger partial charge in [0, 0.05) is 12.4 Å². The maximum atomic E-state index is 12.6. The van der Waals surface area contributed by atoms with Gasteiger partial charge in [-0.05, 0) is 31.2 Å². The largest absolute Gasteiger partial charge is 0.455 e. The average molecular weight is 401 g/mol. The minimum atomic E-state index is -0.547. The number of hydrogen-bond donors (Lipinski definition) is 0. The van der Waals surface area contributed by atoms with Gasteiger partial charge in [0.15, 0.2) is 0 Å². The van der Waals surface area contributed by atoms with Gasteiger partial charge >= 0.3 is 5.97 Å². The third kappa shape index (κ3) is 3.41. The number of hydrogen-bond acceptors (Lipinski definition) is 4. The first-order valence-electron chi connectivity index (χ1n) is 8.14. The van der Waals surface area contributed by atoms with Crippen molar-refractivity contribution < 1.29 is 9.53 Å². The monoisotopic (exact) mass is 400 g/mol. The molecule has 0 aliphatic rings. The topological polar surface area (TPSA) is 61.4 Å². The molecule has 136 valence electrons. The van der Waals surface area contributed by atoms with Crippen LogP contribution in [0, 0.1) is 6.92 Å². The second-order valence-electron chi connectivity index (χ2n) is 5.92. The number of ether oxygens (including phenoxy) is 1. The molecule has 0 atom stereocenters. The van der Waals surface area contributed by atoms with E-state index in [9.17, 15) is 4.79 Å². The second kappa shape index (κ2) is 7.06. The number of aromatic nitrogens is 4. The van der Waals surface area contributed by atoms with Crippen LogP contribution in [0.3, 0.4) is 0 Å². The fourth-order valence-corrected chi connectivity index (χ4v) is 3.29. The zero-order valence-electron chi connectivity index (χ0n) is 14.3. The molecule has 0 aliphatic heterocycles. The number of benzene rings is 1. The Hall–Kier alpha value is -2.83. The van der Waals surface area contributed by atoms with E-state index in [1.54, 1.807) is 35.9 Å². The zero-order chi connectivity index (χ0) is 19.0. The summed E-state index contributed by atoms with van der Waals surface area (Å²) in [6.45, 7) is 1.74. The van der Waals surface area contributed by atoms with Crippen molar-refractivity contribution in [2.45, 2.75) is 13.5 Å². The van der Waals surface area contributed by atoms with E-state index in [0.29, 0.717) is 16.4 Å². The van der Waals surface area contributed by atoms with Gasteiger partial charge in [-0.1, -0.05) is 41.4 Å². The lowest BCUT2D eigenvalue weighted by Crippen LogP contribution is -2.07. The van der Waals surface area contributed by atoms with E-state index in [-0.39, 0.29) is 17.3 Å². The fraction of sp³-hybridized carbons (Fsp3) is 0.105. The van der Waals surface area contributed by atoms with Crippen LogP contribution in [-0.4, -0.2) is 25.1 Å². The Balaban J connectivity index is 1.55. The number of halogens is 2. The highest BCUT2D eigenvalue weighted by Crippen LogP contribution is 2.24. The normalized spacial score (nSPS) is 11.1. The molecule has 27 heavy (non-hydrogen) atoms. The van der Waals surface area contributed by atoms with E-state index in [2.05, 4.69) is 10.1 Å². The lowest BCUT2D eigenvalue weighted by atomic mass is 10.2. The van der Waals surface area contributed by atoms with E-state index in [4.69, 9.17) is 27.9 Å². The van der Waals surface area contributed by atoms with Crippen molar-refractivity contribution in [1.29, 1.82) is 0 Å². The zero-order valence-corrected chi connectivity index (χ0v) is 15.8. The molecular formula is C19H14Cl2N4O2. The van der Waals surface area contributed by atoms with Crippen LogP contribution in [0.4, 0.5) is 0 Å². The van der Waals surface area contributed by atoms with Crippen molar-refractivity contribution in [1.82, 2.24) is 19.2 Å². The maximum Gasteiger partial charge on any atom is 0.343 e. The van der Waals surface area contributed by atoms with Gasteiger partial charge < -0.3 is 9.14 Å². The van der Waals surface area contributed by atoms with Crippen LogP contribution in [0.25, 0.3) is 11.3 Å². The number of nitrogens with zero attached hydrogens (tertiary/aromatic N) is 4. The molecule has 0 fully saturated rings. The van der Waals surface area contributed by atoms with Crippen LogP contribution < -0.4 is 0 Å². The molecule has 0 amide bonds. The van der Waals surface area contributed by atoms with E-state index < -0.39 is 5.97 Å². The fourth-order valence-electron chi connectivity index (χ4n) is 2.77. The number of aryl methyl sites for hydroxylation is 1. The molecule has 4 aromatic rings. The summed E-state index contributed by atoms with van der Waals surface area (Å²) < 4.78 is 8.69. The summed E-state index contributed by atoms with van der Waals surface area (Å²) in [4.78, 5) is 16.9. The SMILES string of the molecule is Cc1nn(-c2ccccc2)c(Cl)c1C(=O)OCc1cn2cc(Cl)ccc2n1. The second-order valence-corrected chi connectivity index (χ2v) is 6.71. The number of para-hydroxylation sites is 1. The molecular weight excluding hydrogens is 387 g/mol. The highest BCUT2D eigenvalue weighted by atomic mass is 35.5. The number of pyridine rings is 1. The first kappa shape index (κ1) is 17.6. The Morgan fingerprint density at radius 1 is 1.11 bits per heavy atom. The predicted molar refractivity (Wildman–Crippen MR) is 103 cm³/mol. The summed E-state index contributed by atoms with van der Waals surface area (Å²) in [5.74, 6) is -0.547. The molecule has 0 saturated carbocycles. The molecule has 0 saturated heterocycles. The Morgan fingerprint density at radius 3 is 2.67 bits per heavy atom. The van der Waals surface area contributed by atoms with Gasteiger partial charge in [-0.2, -0.15) is 5.10 Å². The van der Waals surface area contributed by atoms with Gasteiger partial charge in [0.25, 0.3) is 0 Å². The molecule has 3 aromatic heterocycles. The summed E-state index contributed by atoms with van der Waals surface area (Å²) in [5.41, 5.74) is 2.83. The summed E-state index contributed by atoms with van der Waals surface area (Å²) in [5, 5.41) is 5.16. The number of carbonyl (C=O) groups is 1. The lowest BCUT2D eigenvalue weighted by Gasteiger charge is -2.04. The van der Waals surface area contributed by atoms with Crippen molar-refractivity contribution in [2.24, 2.45) is 0 Å². The first-order chi connectivity index (χ1) is 13.0. The quantitative estimate of drug-likeness (QED) is 0.473. The van der Waals surface area contributed by atoms with E-state index >= 15 is 0 Å². The summed E-state index contributed by atoms with van der Waals surface area (Å²) in [6.07, 6.45) is 3.50. The molecule has 0 bridgehead atoms. The van der Waals surface area contributed by atoms with E-state index in [1.165, 1.54) is 4.68 Å². The van der Waals surface area contributed by atoms with Gasteiger partial charge in [-0.25, -0.2) is 14.5 Å². The number of fused-ring (bicyclic) bond motifs is 1. The van der Waals surface area contributed by atoms with Gasteiger partial charge in [0.1, 0.15) is 23.0 Å². The Morgan fingerprint density at radius 2 is 1.89 bits per heavy atom. The molecule has 3 heterocycles. The summed E-state index contributed by atoms with van der Waals surface area (Å²) in [7, 11) is 0. The molecule has 1 aromatic carbocycles. The lowest BCUT2D eigenvalue weighted by molar-refractivity contribution is 0.0467. The average Bonchev–Trinajstić information content (AvgIpc) is 3.20. The van der Waals surface area contributed by atoms with Crippen LogP contribution >= 0.6 is 23.2 Å². The smallest absolute Gasteiger partial charge is 0.343 e. The van der Waals surface area contributed by atoms with Gasteiger partial charge in [0.2, 0.25) is 0 Å². The van der Waals surface area contributed by atoms with Crippen molar-refractivity contribution in [2.75, 3.05) is 0 Å². The first-order valence-corrected chi connectivity index (χ1v) is 8.89. The van der Waals surface area contributed by atoms with Crippen LogP contribution in [0.1, 0.15) is 21.7 Å². The van der Waals surface area contributed by atoms with Crippen molar-refractivity contribution >= 4 is 34.8 Å². The summed E-state index contributed by atoms with van der Waals surface area (Å²) in [6, 6.07) is 12.9. The highest BCUT2D eigenvalue weighted by molar-refractivity contribution is 6.33. The molecule has 0 aliphatic carbocycles. The molecule has 0 radical (unpaired) electrons. The number of carbonyl (C=O) groups excluding carboxylic acids is 1. The molecule has 4 rings (SSSR count). The maximum absolute atomic E-state index is 12.6. The molecule has 0 N–H and O–H groups in total. The highest BCUT2D eigenvalue weighted by Gasteiger charge is 2.22. The van der Waals surface area contributed by atoms with Gasteiger partial charge in [-0.15, -0.1) is 0 Å². The third-order valence-corrected chi connectivity index (χ3v) is 4.60. The third-order valence-electron chi connectivity index (χ3n) is 4.02. The number of imidazole rings is 1. The Bertz CT molecular complexity index is 1140. The molecule has 8 heteroatoms. The van der Waals surface area contributed by atoms with Crippen LogP contribution in [0.15, 0.2) is 54.9 Å². The summed E-state index contributed by atoms with van der Waals surface area (Å²) >= 11 is 12.4. The minimum Gasteiger partial charge on any atom is -0.455 e. The van der Waals surface area contributed by atoms with Crippen LogP contribution in [0.2, 0.25) is 10.2 Å². The predicted octanol–water partition coefficient (Wildman–Crippen LogP) is 4.49. The van der Waals surface area contributed by atoms with Gasteiger partial charge in [-0.3, -0.25) is 0 Å². The Kier molecular flexibility index (Phi) is 4.59. The van der Waals surface area contributed by atoms with E-state index in [0.717, 1.165) is 11.3 Å². The standard InChI is InChI=1S/C19H14Cl2N4O2/c1-12-17(18(21)25(23-12)15-5-3-2-4-6-15)19(26)27-11-14-10-24-9-13(20)7-8-16(24)22-14/h2-10H,11H2,1H3. The molecule has 6 nitrogen and oxygen atoms in total. The van der Waals surface area contributed by atoms with Crippen LogP contribution in [0.5, 0.6) is 0 Å². The van der Waals surface area contributed by atoms with E-state index in [1.807, 2.05) is 30.3 Å². The molecule has 0 spiro atoms.